The van der Waals surface area contributed by atoms with E-state index in [2.05, 4.69) is 18.4 Å². The number of benzene rings is 1. The molecule has 0 aliphatic carbocycles. The normalized spacial score (nSPS) is 17.6. The summed E-state index contributed by atoms with van der Waals surface area (Å²) in [6.07, 6.45) is 1.88. The molecule has 1 aliphatic rings. The van der Waals surface area contributed by atoms with Crippen molar-refractivity contribution >= 4 is 22.9 Å². The standard InChI is InChI=1S/C17H20N2OS/c1-3-15-12-7-9-21-16(12)6-8-19(15)17(20)13-10-11(2)4-5-14(13)18/h4-5,7,9-10,15H,3,6,8,18H2,1-2H3. The minimum atomic E-state index is 0.0555. The third-order valence-electron chi connectivity index (χ3n) is 4.18. The van der Waals surface area contributed by atoms with Gasteiger partial charge in [-0.1, -0.05) is 18.6 Å². The largest absolute Gasteiger partial charge is 0.398 e. The Kier molecular flexibility index (Phi) is 3.72. The summed E-state index contributed by atoms with van der Waals surface area (Å²) in [5.41, 5.74) is 9.59. The molecule has 0 fully saturated rings. The van der Waals surface area contributed by atoms with Gasteiger partial charge in [0.25, 0.3) is 5.91 Å². The molecule has 0 radical (unpaired) electrons. The molecule has 110 valence electrons. The summed E-state index contributed by atoms with van der Waals surface area (Å²) in [5, 5.41) is 2.13. The van der Waals surface area contributed by atoms with Crippen LogP contribution in [-0.2, 0) is 6.42 Å². The summed E-state index contributed by atoms with van der Waals surface area (Å²) in [6, 6.07) is 7.99. The summed E-state index contributed by atoms with van der Waals surface area (Å²) in [6.45, 7) is 4.90. The molecule has 2 N–H and O–H groups in total. The van der Waals surface area contributed by atoms with Crippen LogP contribution in [0.4, 0.5) is 5.69 Å². The number of amides is 1. The number of nitrogens with two attached hydrogens (primary N) is 1. The Morgan fingerprint density at radius 2 is 2.24 bits per heavy atom. The van der Waals surface area contributed by atoms with Crippen LogP contribution in [0, 0.1) is 6.92 Å². The van der Waals surface area contributed by atoms with E-state index in [1.165, 1.54) is 10.4 Å². The molecule has 0 saturated carbocycles. The zero-order valence-corrected chi connectivity index (χ0v) is 13.2. The molecule has 3 rings (SSSR count). The Hall–Kier alpha value is -1.81. The Labute approximate surface area is 129 Å². The van der Waals surface area contributed by atoms with Gasteiger partial charge in [-0.05, 0) is 48.9 Å². The van der Waals surface area contributed by atoms with E-state index in [4.69, 9.17) is 5.73 Å². The second-order valence-electron chi connectivity index (χ2n) is 5.56. The lowest BCUT2D eigenvalue weighted by molar-refractivity contribution is 0.0658. The van der Waals surface area contributed by atoms with Gasteiger partial charge in [0.2, 0.25) is 0 Å². The SMILES string of the molecule is CCC1c2ccsc2CCN1C(=O)c1cc(C)ccc1N. The highest BCUT2D eigenvalue weighted by Gasteiger charge is 2.31. The highest BCUT2D eigenvalue weighted by molar-refractivity contribution is 7.10. The highest BCUT2D eigenvalue weighted by atomic mass is 32.1. The number of nitrogens with zero attached hydrogens (tertiary/aromatic N) is 1. The van der Waals surface area contributed by atoms with Gasteiger partial charge in [0.15, 0.2) is 0 Å². The summed E-state index contributed by atoms with van der Waals surface area (Å²) in [5.74, 6) is 0.0555. The Bertz CT molecular complexity index is 677. The van der Waals surface area contributed by atoms with Crippen molar-refractivity contribution in [1.82, 2.24) is 4.90 Å². The van der Waals surface area contributed by atoms with Crippen molar-refractivity contribution in [2.24, 2.45) is 0 Å². The summed E-state index contributed by atoms with van der Waals surface area (Å²) >= 11 is 1.80. The summed E-state index contributed by atoms with van der Waals surface area (Å²) in [4.78, 5) is 16.3. The average Bonchev–Trinajstić information content (AvgIpc) is 2.96. The zero-order chi connectivity index (χ0) is 15.0. The van der Waals surface area contributed by atoms with E-state index >= 15 is 0 Å². The van der Waals surface area contributed by atoms with Crippen molar-refractivity contribution in [3.05, 3.63) is 51.2 Å². The molecule has 3 nitrogen and oxygen atoms in total. The van der Waals surface area contributed by atoms with E-state index in [9.17, 15) is 4.79 Å². The van der Waals surface area contributed by atoms with Crippen LogP contribution in [0.5, 0.6) is 0 Å². The molecular formula is C17H20N2OS. The van der Waals surface area contributed by atoms with Gasteiger partial charge >= 0.3 is 0 Å². The van der Waals surface area contributed by atoms with Gasteiger partial charge in [-0.15, -0.1) is 11.3 Å². The highest BCUT2D eigenvalue weighted by Crippen LogP contribution is 2.36. The van der Waals surface area contributed by atoms with E-state index in [-0.39, 0.29) is 11.9 Å². The number of fused-ring (bicyclic) bond motifs is 1. The van der Waals surface area contributed by atoms with Crippen molar-refractivity contribution in [2.45, 2.75) is 32.7 Å². The first kappa shape index (κ1) is 14.1. The molecule has 1 aromatic carbocycles. The second-order valence-corrected chi connectivity index (χ2v) is 6.56. The van der Waals surface area contributed by atoms with Crippen LogP contribution < -0.4 is 5.73 Å². The zero-order valence-electron chi connectivity index (χ0n) is 12.4. The van der Waals surface area contributed by atoms with Crippen molar-refractivity contribution < 1.29 is 4.79 Å². The van der Waals surface area contributed by atoms with Gasteiger partial charge in [-0.25, -0.2) is 0 Å². The van der Waals surface area contributed by atoms with E-state index in [0.717, 1.165) is 24.9 Å². The molecule has 21 heavy (non-hydrogen) atoms. The van der Waals surface area contributed by atoms with Gasteiger partial charge in [0, 0.05) is 17.1 Å². The van der Waals surface area contributed by atoms with Gasteiger partial charge in [0.1, 0.15) is 0 Å². The molecule has 2 aromatic rings. The number of hydrogen-bond acceptors (Lipinski definition) is 3. The molecular weight excluding hydrogens is 280 g/mol. The molecule has 1 aliphatic heterocycles. The van der Waals surface area contributed by atoms with Gasteiger partial charge in [-0.2, -0.15) is 0 Å². The molecule has 1 unspecified atom stereocenters. The molecule has 0 spiro atoms. The Balaban J connectivity index is 1.96. The van der Waals surface area contributed by atoms with E-state index < -0.39 is 0 Å². The number of nitrogen functional groups attached to an aromatic ring is 1. The number of thiophene rings is 1. The molecule has 1 amide bonds. The van der Waals surface area contributed by atoms with Crippen LogP contribution in [0.25, 0.3) is 0 Å². The van der Waals surface area contributed by atoms with Crippen LogP contribution in [0.1, 0.15) is 45.7 Å². The number of hydrogen-bond donors (Lipinski definition) is 1. The van der Waals surface area contributed by atoms with Crippen LogP contribution in [0.15, 0.2) is 29.6 Å². The average molecular weight is 300 g/mol. The van der Waals surface area contributed by atoms with Gasteiger partial charge < -0.3 is 10.6 Å². The third-order valence-corrected chi connectivity index (χ3v) is 5.18. The minimum Gasteiger partial charge on any atom is -0.398 e. The number of aryl methyl sites for hydroxylation is 1. The summed E-state index contributed by atoms with van der Waals surface area (Å²) < 4.78 is 0. The second kappa shape index (κ2) is 5.53. The molecule has 4 heteroatoms. The van der Waals surface area contributed by atoms with Crippen molar-refractivity contribution in [3.8, 4) is 0 Å². The van der Waals surface area contributed by atoms with E-state index in [0.29, 0.717) is 11.3 Å². The van der Waals surface area contributed by atoms with E-state index in [1.54, 1.807) is 11.3 Å². The number of rotatable bonds is 2. The molecule has 1 aromatic heterocycles. The fourth-order valence-corrected chi connectivity index (χ4v) is 4.02. The fourth-order valence-electron chi connectivity index (χ4n) is 3.09. The van der Waals surface area contributed by atoms with Crippen LogP contribution >= 0.6 is 11.3 Å². The molecule has 0 saturated heterocycles. The fraction of sp³-hybridized carbons (Fsp3) is 0.353. The maximum atomic E-state index is 12.9. The van der Waals surface area contributed by atoms with Crippen molar-refractivity contribution in [1.29, 1.82) is 0 Å². The third kappa shape index (κ3) is 2.44. The van der Waals surface area contributed by atoms with Crippen molar-refractivity contribution in [3.63, 3.8) is 0 Å². The predicted octanol–water partition coefficient (Wildman–Crippen LogP) is 3.79. The minimum absolute atomic E-state index is 0.0555. The molecule has 0 bridgehead atoms. The number of carbonyl (C=O) groups excluding carboxylic acids is 1. The maximum absolute atomic E-state index is 12.9. The number of carbonyl (C=O) groups is 1. The van der Waals surface area contributed by atoms with E-state index in [1.807, 2.05) is 30.0 Å². The van der Waals surface area contributed by atoms with Gasteiger partial charge in [0.05, 0.1) is 11.6 Å². The first-order chi connectivity index (χ1) is 10.1. The van der Waals surface area contributed by atoms with Crippen LogP contribution in [0.3, 0.4) is 0 Å². The first-order valence-corrected chi connectivity index (χ1v) is 8.23. The topological polar surface area (TPSA) is 46.3 Å². The summed E-state index contributed by atoms with van der Waals surface area (Å²) in [7, 11) is 0. The quantitative estimate of drug-likeness (QED) is 0.858. The van der Waals surface area contributed by atoms with Crippen LogP contribution in [0.2, 0.25) is 0 Å². The Morgan fingerprint density at radius 1 is 1.43 bits per heavy atom. The first-order valence-electron chi connectivity index (χ1n) is 7.35. The molecule has 2 heterocycles. The smallest absolute Gasteiger partial charge is 0.256 e. The van der Waals surface area contributed by atoms with Crippen molar-refractivity contribution in [2.75, 3.05) is 12.3 Å². The monoisotopic (exact) mass is 300 g/mol. The predicted molar refractivity (Wildman–Crippen MR) is 87.7 cm³/mol. The Morgan fingerprint density at radius 3 is 3.00 bits per heavy atom. The lowest BCUT2D eigenvalue weighted by atomic mass is 9.96. The maximum Gasteiger partial charge on any atom is 0.256 e. The van der Waals surface area contributed by atoms with Gasteiger partial charge in [-0.3, -0.25) is 4.79 Å². The molecule has 1 atom stereocenters. The lowest BCUT2D eigenvalue weighted by Crippen LogP contribution is -2.39. The van der Waals surface area contributed by atoms with Crippen LogP contribution in [-0.4, -0.2) is 17.4 Å². The lowest BCUT2D eigenvalue weighted by Gasteiger charge is -2.35. The number of anilines is 1.